The van der Waals surface area contributed by atoms with Crippen molar-refractivity contribution in [3.05, 3.63) is 83.8 Å². The first kappa shape index (κ1) is 19.5. The predicted molar refractivity (Wildman–Crippen MR) is 117 cm³/mol. The second-order valence-corrected chi connectivity index (χ2v) is 8.12. The summed E-state index contributed by atoms with van der Waals surface area (Å²) in [6, 6.07) is 15.8. The molecule has 0 aliphatic carbocycles. The largest absolute Gasteiger partial charge is 0.357 e. The number of pyridine rings is 2. The smallest absolute Gasteiger partial charge is 0.251 e. The number of nitrogens with zero attached hydrogens (tertiary/aromatic N) is 3. The van der Waals surface area contributed by atoms with E-state index in [1.54, 1.807) is 18.0 Å². The lowest BCUT2D eigenvalue weighted by molar-refractivity contribution is 0.0951. The van der Waals surface area contributed by atoms with E-state index >= 15 is 0 Å². The molecule has 4 rings (SSSR count). The zero-order chi connectivity index (χ0) is 19.9. The van der Waals surface area contributed by atoms with Gasteiger partial charge in [0.05, 0.1) is 0 Å². The molecule has 0 saturated carbocycles. The van der Waals surface area contributed by atoms with Gasteiger partial charge in [-0.1, -0.05) is 6.07 Å². The number of hydrogen-bond acceptors (Lipinski definition) is 5. The summed E-state index contributed by atoms with van der Waals surface area (Å²) in [5, 5.41) is 3.01. The van der Waals surface area contributed by atoms with E-state index in [-0.39, 0.29) is 5.91 Å². The molecule has 1 aliphatic rings. The van der Waals surface area contributed by atoms with Gasteiger partial charge in [-0.25, -0.2) is 4.98 Å². The molecule has 3 heterocycles. The van der Waals surface area contributed by atoms with Gasteiger partial charge in [-0.2, -0.15) is 0 Å². The van der Waals surface area contributed by atoms with Crippen LogP contribution in [0.4, 0.5) is 5.82 Å². The summed E-state index contributed by atoms with van der Waals surface area (Å²) in [4.78, 5) is 24.5. The average molecular weight is 405 g/mol. The Balaban J connectivity index is 1.30. The van der Waals surface area contributed by atoms with E-state index in [1.807, 2.05) is 48.8 Å². The number of nitrogens with one attached hydrogen (secondary N) is 1. The van der Waals surface area contributed by atoms with Crippen LogP contribution in [0.5, 0.6) is 0 Å². The first-order valence-electron chi connectivity index (χ1n) is 9.88. The van der Waals surface area contributed by atoms with Crippen LogP contribution in [0.25, 0.3) is 0 Å². The van der Waals surface area contributed by atoms with E-state index in [1.165, 1.54) is 18.4 Å². The summed E-state index contributed by atoms with van der Waals surface area (Å²) in [7, 11) is 0. The Morgan fingerprint density at radius 1 is 1.03 bits per heavy atom. The van der Waals surface area contributed by atoms with Gasteiger partial charge in [-0.05, 0) is 66.4 Å². The minimum atomic E-state index is -0.0617. The van der Waals surface area contributed by atoms with Crippen molar-refractivity contribution in [3.8, 4) is 0 Å². The van der Waals surface area contributed by atoms with Crippen molar-refractivity contribution in [2.24, 2.45) is 0 Å². The molecule has 6 heteroatoms. The number of rotatable bonds is 7. The lowest BCUT2D eigenvalue weighted by atomic mass is 10.2. The molecule has 0 atom stereocenters. The summed E-state index contributed by atoms with van der Waals surface area (Å²) in [5.74, 6) is 1.80. The van der Waals surface area contributed by atoms with Crippen LogP contribution in [0.1, 0.15) is 34.3 Å². The number of carbonyl (C=O) groups is 1. The maximum Gasteiger partial charge on any atom is 0.251 e. The van der Waals surface area contributed by atoms with E-state index in [0.717, 1.165) is 35.1 Å². The molecule has 1 amide bonds. The van der Waals surface area contributed by atoms with Crippen LogP contribution in [0.3, 0.4) is 0 Å². The van der Waals surface area contributed by atoms with Crippen LogP contribution in [0.15, 0.2) is 72.0 Å². The number of benzene rings is 1. The molecule has 1 N–H and O–H groups in total. The van der Waals surface area contributed by atoms with Gasteiger partial charge >= 0.3 is 0 Å². The molecule has 2 aromatic heterocycles. The minimum absolute atomic E-state index is 0.0617. The van der Waals surface area contributed by atoms with Gasteiger partial charge in [-0.3, -0.25) is 9.78 Å². The molecule has 29 heavy (non-hydrogen) atoms. The quantitative estimate of drug-likeness (QED) is 0.595. The summed E-state index contributed by atoms with van der Waals surface area (Å²) in [6.45, 7) is 2.63. The Labute approximate surface area is 175 Å². The van der Waals surface area contributed by atoms with E-state index in [0.29, 0.717) is 12.1 Å². The maximum atomic E-state index is 12.5. The number of hydrogen-bond donors (Lipinski definition) is 1. The lowest BCUT2D eigenvalue weighted by Gasteiger charge is -2.17. The van der Waals surface area contributed by atoms with Gasteiger partial charge in [0.1, 0.15) is 5.82 Å². The summed E-state index contributed by atoms with van der Waals surface area (Å²) < 4.78 is 0. The molecular formula is C23H24N4OS. The first-order valence-corrected chi connectivity index (χ1v) is 10.9. The van der Waals surface area contributed by atoms with Gasteiger partial charge in [0, 0.05) is 54.4 Å². The standard InChI is InChI=1S/C23H24N4OS/c28-23(26-16-18-9-11-25-22(14-18)27-12-1-2-13-27)20-5-7-21(8-6-20)29-17-19-4-3-10-24-15-19/h3-11,14-15H,1-2,12-13,16-17H2,(H,26,28). The van der Waals surface area contributed by atoms with E-state index in [4.69, 9.17) is 0 Å². The maximum absolute atomic E-state index is 12.5. The highest BCUT2D eigenvalue weighted by Gasteiger charge is 2.14. The van der Waals surface area contributed by atoms with Gasteiger partial charge in [0.25, 0.3) is 5.91 Å². The summed E-state index contributed by atoms with van der Waals surface area (Å²) in [5.41, 5.74) is 2.92. The topological polar surface area (TPSA) is 58.1 Å². The summed E-state index contributed by atoms with van der Waals surface area (Å²) in [6.07, 6.45) is 7.92. The fourth-order valence-electron chi connectivity index (χ4n) is 3.33. The van der Waals surface area contributed by atoms with E-state index < -0.39 is 0 Å². The minimum Gasteiger partial charge on any atom is -0.357 e. The van der Waals surface area contributed by atoms with Crippen LogP contribution < -0.4 is 10.2 Å². The number of thioether (sulfide) groups is 1. The number of amides is 1. The molecule has 0 bridgehead atoms. The van der Waals surface area contributed by atoms with Gasteiger partial charge in [0.2, 0.25) is 0 Å². The van der Waals surface area contributed by atoms with Crippen LogP contribution in [0.2, 0.25) is 0 Å². The Morgan fingerprint density at radius 3 is 2.62 bits per heavy atom. The SMILES string of the molecule is O=C(NCc1ccnc(N2CCCC2)c1)c1ccc(SCc2cccnc2)cc1. The van der Waals surface area contributed by atoms with Crippen molar-refractivity contribution < 1.29 is 4.79 Å². The monoisotopic (exact) mass is 404 g/mol. The first-order chi connectivity index (χ1) is 14.3. The van der Waals surface area contributed by atoms with Gasteiger partial charge in [-0.15, -0.1) is 11.8 Å². The Kier molecular flexibility index (Phi) is 6.42. The highest BCUT2D eigenvalue weighted by atomic mass is 32.2. The highest BCUT2D eigenvalue weighted by Crippen LogP contribution is 2.23. The van der Waals surface area contributed by atoms with Crippen molar-refractivity contribution in [3.63, 3.8) is 0 Å². The number of carbonyl (C=O) groups excluding carboxylic acids is 1. The molecule has 0 radical (unpaired) electrons. The van der Waals surface area contributed by atoms with Crippen molar-refractivity contribution in [2.75, 3.05) is 18.0 Å². The third kappa shape index (κ3) is 5.35. The van der Waals surface area contributed by atoms with Crippen molar-refractivity contribution in [1.82, 2.24) is 15.3 Å². The fraction of sp³-hybridized carbons (Fsp3) is 0.261. The predicted octanol–water partition coefficient (Wildman–Crippen LogP) is 4.30. The normalized spacial score (nSPS) is 13.4. The highest BCUT2D eigenvalue weighted by molar-refractivity contribution is 7.98. The number of anilines is 1. The second kappa shape index (κ2) is 9.56. The Hall–Kier alpha value is -2.86. The van der Waals surface area contributed by atoms with Crippen molar-refractivity contribution in [1.29, 1.82) is 0 Å². The second-order valence-electron chi connectivity index (χ2n) is 7.07. The van der Waals surface area contributed by atoms with Gasteiger partial charge in [0.15, 0.2) is 0 Å². The average Bonchev–Trinajstić information content (AvgIpc) is 3.32. The zero-order valence-corrected chi connectivity index (χ0v) is 17.1. The molecule has 5 nitrogen and oxygen atoms in total. The molecule has 1 aliphatic heterocycles. The molecular weight excluding hydrogens is 380 g/mol. The molecule has 0 unspecified atom stereocenters. The Bertz CT molecular complexity index is 941. The molecule has 148 valence electrons. The Morgan fingerprint density at radius 2 is 1.86 bits per heavy atom. The van der Waals surface area contributed by atoms with Crippen LogP contribution in [-0.4, -0.2) is 29.0 Å². The fourth-order valence-corrected chi connectivity index (χ4v) is 4.16. The van der Waals surface area contributed by atoms with E-state index in [2.05, 4.69) is 32.3 Å². The molecule has 1 fully saturated rings. The van der Waals surface area contributed by atoms with Crippen LogP contribution in [-0.2, 0) is 12.3 Å². The van der Waals surface area contributed by atoms with Crippen molar-refractivity contribution >= 4 is 23.5 Å². The third-order valence-electron chi connectivity index (χ3n) is 4.94. The molecule has 1 aromatic carbocycles. The van der Waals surface area contributed by atoms with Crippen molar-refractivity contribution in [2.45, 2.75) is 30.0 Å². The third-order valence-corrected chi connectivity index (χ3v) is 6.02. The molecule has 0 spiro atoms. The summed E-state index contributed by atoms with van der Waals surface area (Å²) >= 11 is 1.73. The molecule has 3 aromatic rings. The molecule has 1 saturated heterocycles. The lowest BCUT2D eigenvalue weighted by Crippen LogP contribution is -2.23. The van der Waals surface area contributed by atoms with Crippen LogP contribution in [0, 0.1) is 0 Å². The van der Waals surface area contributed by atoms with Gasteiger partial charge < -0.3 is 10.2 Å². The zero-order valence-electron chi connectivity index (χ0n) is 16.3. The van der Waals surface area contributed by atoms with E-state index in [9.17, 15) is 4.79 Å². The van der Waals surface area contributed by atoms with Crippen LogP contribution >= 0.6 is 11.8 Å². The number of aromatic nitrogens is 2.